The average molecular weight is 268 g/mol. The maximum Gasteiger partial charge on any atom is 0.145 e. The highest BCUT2D eigenvalue weighted by molar-refractivity contribution is 7.84. The summed E-state index contributed by atoms with van der Waals surface area (Å²) in [5, 5.41) is 11.9. The molecule has 18 heavy (non-hydrogen) atoms. The van der Waals surface area contributed by atoms with E-state index in [9.17, 15) is 8.60 Å². The highest BCUT2D eigenvalue weighted by Crippen LogP contribution is 2.12. The summed E-state index contributed by atoms with van der Waals surface area (Å²) < 4.78 is 24.7. The molecule has 0 saturated carbocycles. The van der Waals surface area contributed by atoms with E-state index in [1.165, 1.54) is 6.07 Å². The van der Waals surface area contributed by atoms with Crippen LogP contribution in [0.25, 0.3) is 0 Å². The molecule has 5 heteroatoms. The number of benzene rings is 1. The number of nitrogens with zero attached hydrogens (tertiary/aromatic N) is 1. The summed E-state index contributed by atoms with van der Waals surface area (Å²) >= 11 is 0. The van der Waals surface area contributed by atoms with E-state index in [2.05, 4.69) is 5.32 Å². The summed E-state index contributed by atoms with van der Waals surface area (Å²) in [7, 11) is -0.801. The molecule has 0 bridgehead atoms. The zero-order valence-corrected chi connectivity index (χ0v) is 11.4. The summed E-state index contributed by atoms with van der Waals surface area (Å²) in [6, 6.07) is 6.78. The normalized spacial score (nSPS) is 13.9. The fourth-order valence-electron chi connectivity index (χ4n) is 1.53. The van der Waals surface area contributed by atoms with Crippen LogP contribution in [0.4, 0.5) is 4.39 Å². The van der Waals surface area contributed by atoms with Crippen molar-refractivity contribution in [1.29, 1.82) is 5.26 Å². The minimum absolute atomic E-state index is 0.0663. The van der Waals surface area contributed by atoms with Crippen LogP contribution in [0, 0.1) is 17.1 Å². The summed E-state index contributed by atoms with van der Waals surface area (Å²) in [4.78, 5) is 0. The molecule has 0 fully saturated rings. The van der Waals surface area contributed by atoms with Gasteiger partial charge >= 0.3 is 0 Å². The molecule has 2 unspecified atom stereocenters. The highest BCUT2D eigenvalue weighted by Gasteiger charge is 2.09. The van der Waals surface area contributed by atoms with Crippen molar-refractivity contribution in [2.45, 2.75) is 25.9 Å². The minimum atomic E-state index is -0.801. The van der Waals surface area contributed by atoms with Gasteiger partial charge in [-0.3, -0.25) is 4.21 Å². The molecule has 0 amide bonds. The first-order chi connectivity index (χ1) is 8.54. The van der Waals surface area contributed by atoms with Crippen molar-refractivity contribution < 1.29 is 8.60 Å². The van der Waals surface area contributed by atoms with E-state index < -0.39 is 16.6 Å². The minimum Gasteiger partial charge on any atom is -0.310 e. The fraction of sp³-hybridized carbons (Fsp3) is 0.462. The highest BCUT2D eigenvalue weighted by atomic mass is 32.2. The maximum absolute atomic E-state index is 13.7. The molecule has 0 aliphatic heterocycles. The van der Waals surface area contributed by atoms with Gasteiger partial charge in [0, 0.05) is 41.0 Å². The molecular weight excluding hydrogens is 251 g/mol. The zero-order valence-electron chi connectivity index (χ0n) is 10.6. The predicted molar refractivity (Wildman–Crippen MR) is 71.0 cm³/mol. The molecule has 98 valence electrons. The van der Waals surface area contributed by atoms with Crippen LogP contribution in [0.2, 0.25) is 0 Å². The third kappa shape index (κ3) is 4.55. The Labute approximate surface area is 109 Å². The Kier molecular flexibility index (Phi) is 5.96. The van der Waals surface area contributed by atoms with E-state index in [-0.39, 0.29) is 11.6 Å². The van der Waals surface area contributed by atoms with Gasteiger partial charge in [-0.2, -0.15) is 5.26 Å². The lowest BCUT2D eigenvalue weighted by molar-refractivity contribution is 0.517. The third-order valence-corrected chi connectivity index (χ3v) is 3.49. The van der Waals surface area contributed by atoms with Crippen LogP contribution < -0.4 is 5.32 Å². The molecule has 2 atom stereocenters. The van der Waals surface area contributed by atoms with E-state index in [1.54, 1.807) is 18.4 Å². The lowest BCUT2D eigenvalue weighted by atomic mass is 10.1. The predicted octanol–water partition coefficient (Wildman–Crippen LogP) is 1.94. The van der Waals surface area contributed by atoms with Gasteiger partial charge in [0.15, 0.2) is 0 Å². The van der Waals surface area contributed by atoms with Crippen LogP contribution in [-0.2, 0) is 17.3 Å². The molecule has 0 aliphatic carbocycles. The van der Waals surface area contributed by atoms with Gasteiger partial charge in [-0.1, -0.05) is 12.1 Å². The van der Waals surface area contributed by atoms with Crippen LogP contribution in [0.5, 0.6) is 0 Å². The molecule has 1 aromatic carbocycles. The number of nitriles is 1. The van der Waals surface area contributed by atoms with E-state index >= 15 is 0 Å². The van der Waals surface area contributed by atoms with E-state index in [0.29, 0.717) is 17.9 Å². The number of nitrogens with one attached hydrogen (secondary N) is 1. The molecule has 0 aromatic heterocycles. The largest absolute Gasteiger partial charge is 0.310 e. The molecule has 0 radical (unpaired) electrons. The monoisotopic (exact) mass is 268 g/mol. The zero-order chi connectivity index (χ0) is 13.5. The molecule has 1 N–H and O–H groups in total. The lowest BCUT2D eigenvalue weighted by Crippen LogP contribution is -2.27. The quantitative estimate of drug-likeness (QED) is 0.858. The van der Waals surface area contributed by atoms with Crippen molar-refractivity contribution >= 4 is 10.8 Å². The summed E-state index contributed by atoms with van der Waals surface area (Å²) in [5.74, 6) is 0.174. The van der Waals surface area contributed by atoms with Gasteiger partial charge in [0.1, 0.15) is 11.9 Å². The number of rotatable bonds is 6. The molecule has 0 saturated heterocycles. The van der Waals surface area contributed by atoms with Crippen LogP contribution in [0.3, 0.4) is 0 Å². The molecule has 1 rings (SSSR count). The Morgan fingerprint density at radius 1 is 1.56 bits per heavy atom. The van der Waals surface area contributed by atoms with E-state index in [1.807, 2.05) is 13.0 Å². The van der Waals surface area contributed by atoms with Crippen molar-refractivity contribution in [3.8, 4) is 6.07 Å². The van der Waals surface area contributed by atoms with Crippen molar-refractivity contribution in [3.63, 3.8) is 0 Å². The topological polar surface area (TPSA) is 52.9 Å². The van der Waals surface area contributed by atoms with E-state index in [0.717, 1.165) is 6.42 Å². The van der Waals surface area contributed by atoms with Crippen LogP contribution in [0.1, 0.15) is 24.5 Å². The molecule has 0 heterocycles. The molecule has 3 nitrogen and oxygen atoms in total. The lowest BCUT2D eigenvalue weighted by Gasteiger charge is -2.13. The Hall–Kier alpha value is -1.25. The summed E-state index contributed by atoms with van der Waals surface area (Å²) in [6.07, 6.45) is 2.45. The van der Waals surface area contributed by atoms with Crippen molar-refractivity contribution in [1.82, 2.24) is 5.32 Å². The fourth-order valence-corrected chi connectivity index (χ4v) is 2.22. The van der Waals surface area contributed by atoms with Gasteiger partial charge in [0.25, 0.3) is 0 Å². The first kappa shape index (κ1) is 14.8. The smallest absolute Gasteiger partial charge is 0.145 e. The van der Waals surface area contributed by atoms with Crippen LogP contribution in [0.15, 0.2) is 18.2 Å². The number of halogens is 1. The van der Waals surface area contributed by atoms with Crippen molar-refractivity contribution in [2.75, 3.05) is 12.0 Å². The van der Waals surface area contributed by atoms with Crippen molar-refractivity contribution in [3.05, 3.63) is 35.1 Å². The van der Waals surface area contributed by atoms with Gasteiger partial charge < -0.3 is 5.32 Å². The summed E-state index contributed by atoms with van der Waals surface area (Å²) in [5.41, 5.74) is 0.551. The Bertz CT molecular complexity index is 471. The van der Waals surface area contributed by atoms with Gasteiger partial charge in [-0.25, -0.2) is 4.39 Å². The molecular formula is C13H17FN2OS. The summed E-state index contributed by atoms with van der Waals surface area (Å²) in [6.45, 7) is 2.35. The first-order valence-corrected chi connectivity index (χ1v) is 7.48. The Morgan fingerprint density at radius 2 is 2.28 bits per heavy atom. The van der Waals surface area contributed by atoms with E-state index in [4.69, 9.17) is 5.26 Å². The number of hydrogen-bond donors (Lipinski definition) is 1. The number of hydrogen-bond acceptors (Lipinski definition) is 3. The Morgan fingerprint density at radius 3 is 2.89 bits per heavy atom. The second kappa shape index (κ2) is 7.24. The second-order valence-corrected chi connectivity index (χ2v) is 5.79. The molecule has 0 aliphatic rings. The standard InChI is InChI=1S/C13H17FN2OS/c1-10(6-7-18(2)17)16-9-12-5-3-4-11(8-15)13(12)14/h3-5,10,16H,6-7,9H2,1-2H3. The SMILES string of the molecule is CC(CCS(C)=O)NCc1cccc(C#N)c1F. The van der Waals surface area contributed by atoms with Gasteiger partial charge in [0.05, 0.1) is 5.56 Å². The average Bonchev–Trinajstić information content (AvgIpc) is 2.35. The maximum atomic E-state index is 13.7. The van der Waals surface area contributed by atoms with Crippen LogP contribution >= 0.6 is 0 Å². The van der Waals surface area contributed by atoms with Crippen molar-refractivity contribution in [2.24, 2.45) is 0 Å². The van der Waals surface area contributed by atoms with Crippen LogP contribution in [-0.4, -0.2) is 22.3 Å². The molecule has 0 spiro atoms. The first-order valence-electron chi connectivity index (χ1n) is 5.75. The van der Waals surface area contributed by atoms with Gasteiger partial charge in [-0.15, -0.1) is 0 Å². The second-order valence-electron chi connectivity index (χ2n) is 4.24. The third-order valence-electron chi connectivity index (χ3n) is 2.68. The Balaban J connectivity index is 2.54. The van der Waals surface area contributed by atoms with Gasteiger partial charge in [0.2, 0.25) is 0 Å². The van der Waals surface area contributed by atoms with Gasteiger partial charge in [-0.05, 0) is 19.4 Å². The molecule has 1 aromatic rings.